The van der Waals surface area contributed by atoms with Gasteiger partial charge in [0, 0.05) is 17.4 Å². The summed E-state index contributed by atoms with van der Waals surface area (Å²) in [5.41, 5.74) is 4.76. The monoisotopic (exact) mass is 414 g/mol. The maximum Gasteiger partial charge on any atom is 0.184 e. The molecule has 0 spiro atoms. The van der Waals surface area contributed by atoms with Crippen molar-refractivity contribution in [3.63, 3.8) is 0 Å². The van der Waals surface area contributed by atoms with Crippen LogP contribution >= 0.6 is 0 Å². The Kier molecular flexibility index (Phi) is 4.98. The lowest BCUT2D eigenvalue weighted by Gasteiger charge is -2.06. The van der Waals surface area contributed by atoms with E-state index in [0.717, 1.165) is 22.2 Å². The highest BCUT2D eigenvalue weighted by Gasteiger charge is 2.10. The number of hydrogen-bond donors (Lipinski definition) is 1. The Labute approximate surface area is 174 Å². The standard InChI is InChI=1S/C24H18N2O3S/c1-16(27)20-5-3-4-6-21(20)18-10-13-22-23(15-18)26-24(25-22)14-9-17-7-11-19(12-8-17)30(2,28)29/h3-8,10-13,15H,1-2H3,(H,25,26). The van der Waals surface area contributed by atoms with Crippen LogP contribution in [0.3, 0.4) is 0 Å². The minimum atomic E-state index is -3.23. The quantitative estimate of drug-likeness (QED) is 0.402. The van der Waals surface area contributed by atoms with E-state index < -0.39 is 9.84 Å². The van der Waals surface area contributed by atoms with Crippen molar-refractivity contribution in [3.8, 4) is 23.0 Å². The normalized spacial score (nSPS) is 11.1. The summed E-state index contributed by atoms with van der Waals surface area (Å²) in [6, 6.07) is 19.7. The minimum Gasteiger partial charge on any atom is -0.331 e. The number of benzene rings is 3. The van der Waals surface area contributed by atoms with Gasteiger partial charge in [0.1, 0.15) is 0 Å². The first-order valence-corrected chi connectivity index (χ1v) is 11.1. The van der Waals surface area contributed by atoms with Gasteiger partial charge in [0.2, 0.25) is 0 Å². The van der Waals surface area contributed by atoms with Crippen molar-refractivity contribution in [1.82, 2.24) is 9.97 Å². The molecule has 0 fully saturated rings. The third-order valence-electron chi connectivity index (χ3n) is 4.71. The first-order chi connectivity index (χ1) is 14.3. The van der Waals surface area contributed by atoms with Gasteiger partial charge in [0.25, 0.3) is 0 Å². The van der Waals surface area contributed by atoms with E-state index in [1.165, 1.54) is 18.4 Å². The molecule has 0 radical (unpaired) electrons. The van der Waals surface area contributed by atoms with E-state index in [-0.39, 0.29) is 10.7 Å². The molecule has 1 N–H and O–H groups in total. The molecule has 0 amide bonds. The second-order valence-corrected chi connectivity index (χ2v) is 8.98. The molecule has 0 aliphatic heterocycles. The summed E-state index contributed by atoms with van der Waals surface area (Å²) >= 11 is 0. The fourth-order valence-corrected chi connectivity index (χ4v) is 3.83. The Balaban J connectivity index is 1.66. The van der Waals surface area contributed by atoms with Crippen LogP contribution in [0, 0.1) is 11.8 Å². The number of sulfone groups is 1. The van der Waals surface area contributed by atoms with E-state index >= 15 is 0 Å². The van der Waals surface area contributed by atoms with Gasteiger partial charge in [0.05, 0.1) is 15.9 Å². The topological polar surface area (TPSA) is 79.9 Å². The second kappa shape index (κ2) is 7.62. The Morgan fingerprint density at radius 1 is 0.967 bits per heavy atom. The SMILES string of the molecule is CC(=O)c1ccccc1-c1ccc2nc(C#Cc3ccc(S(C)(=O)=O)cc3)[nH]c2c1. The van der Waals surface area contributed by atoms with Crippen molar-refractivity contribution in [1.29, 1.82) is 0 Å². The van der Waals surface area contributed by atoms with Gasteiger partial charge in [-0.3, -0.25) is 4.79 Å². The van der Waals surface area contributed by atoms with Gasteiger partial charge in [-0.15, -0.1) is 0 Å². The van der Waals surface area contributed by atoms with Crippen molar-refractivity contribution in [3.05, 3.63) is 83.7 Å². The predicted molar refractivity (Wildman–Crippen MR) is 117 cm³/mol. The lowest BCUT2D eigenvalue weighted by molar-refractivity contribution is 0.101. The first-order valence-electron chi connectivity index (χ1n) is 9.23. The smallest absolute Gasteiger partial charge is 0.184 e. The molecule has 1 aromatic heterocycles. The third-order valence-corrected chi connectivity index (χ3v) is 5.84. The molecule has 0 atom stereocenters. The zero-order valence-corrected chi connectivity index (χ0v) is 17.2. The molecule has 0 aliphatic rings. The van der Waals surface area contributed by atoms with E-state index in [2.05, 4.69) is 21.8 Å². The molecule has 4 rings (SSSR count). The first kappa shape index (κ1) is 19.6. The molecule has 0 aliphatic carbocycles. The number of carbonyl (C=O) groups excluding carboxylic acids is 1. The Bertz CT molecular complexity index is 1440. The zero-order valence-electron chi connectivity index (χ0n) is 16.4. The summed E-state index contributed by atoms with van der Waals surface area (Å²) in [5.74, 6) is 6.49. The molecule has 5 nitrogen and oxygen atoms in total. The van der Waals surface area contributed by atoms with Gasteiger partial charge in [-0.1, -0.05) is 36.3 Å². The lowest BCUT2D eigenvalue weighted by Crippen LogP contribution is -1.96. The van der Waals surface area contributed by atoms with Crippen molar-refractivity contribution in [2.45, 2.75) is 11.8 Å². The number of carbonyl (C=O) groups is 1. The van der Waals surface area contributed by atoms with E-state index in [4.69, 9.17) is 0 Å². The van der Waals surface area contributed by atoms with Crippen molar-refractivity contribution < 1.29 is 13.2 Å². The van der Waals surface area contributed by atoms with Crippen LogP contribution in [-0.4, -0.2) is 30.4 Å². The summed E-state index contributed by atoms with van der Waals surface area (Å²) in [4.78, 5) is 19.9. The number of imidazole rings is 1. The number of fused-ring (bicyclic) bond motifs is 1. The van der Waals surface area contributed by atoms with E-state index in [9.17, 15) is 13.2 Å². The summed E-state index contributed by atoms with van der Waals surface area (Å²) < 4.78 is 23.1. The number of nitrogens with zero attached hydrogens (tertiary/aromatic N) is 1. The van der Waals surface area contributed by atoms with E-state index in [0.29, 0.717) is 17.0 Å². The highest BCUT2D eigenvalue weighted by atomic mass is 32.2. The van der Waals surface area contributed by atoms with Gasteiger partial charge >= 0.3 is 0 Å². The minimum absolute atomic E-state index is 0.0174. The van der Waals surface area contributed by atoms with Gasteiger partial charge in [0.15, 0.2) is 21.4 Å². The molecular weight excluding hydrogens is 396 g/mol. The highest BCUT2D eigenvalue weighted by Crippen LogP contribution is 2.27. The molecule has 0 bridgehead atoms. The number of Topliss-reactive ketones (excluding diaryl/α,β-unsaturated/α-hetero) is 1. The molecule has 0 saturated carbocycles. The summed E-state index contributed by atoms with van der Waals surface area (Å²) in [6.07, 6.45) is 1.17. The Hall–Kier alpha value is -3.69. The van der Waals surface area contributed by atoms with Crippen LogP contribution in [0.2, 0.25) is 0 Å². The molecule has 6 heteroatoms. The Morgan fingerprint density at radius 2 is 1.70 bits per heavy atom. The summed E-state index contributed by atoms with van der Waals surface area (Å²) in [6.45, 7) is 1.56. The maximum absolute atomic E-state index is 11.9. The number of aromatic amines is 1. The third kappa shape index (κ3) is 4.02. The van der Waals surface area contributed by atoms with E-state index in [1.54, 1.807) is 19.1 Å². The van der Waals surface area contributed by atoms with Crippen LogP contribution in [0.5, 0.6) is 0 Å². The fraction of sp³-hybridized carbons (Fsp3) is 0.0833. The average molecular weight is 414 g/mol. The van der Waals surface area contributed by atoms with Crippen LogP contribution < -0.4 is 0 Å². The number of aromatic nitrogens is 2. The van der Waals surface area contributed by atoms with Crippen LogP contribution in [0.4, 0.5) is 0 Å². The predicted octanol–water partition coefficient (Wildman–Crippen LogP) is 4.24. The van der Waals surface area contributed by atoms with Gasteiger partial charge in [-0.2, -0.15) is 0 Å². The average Bonchev–Trinajstić information content (AvgIpc) is 3.14. The second-order valence-electron chi connectivity index (χ2n) is 6.97. The molecule has 3 aromatic carbocycles. The van der Waals surface area contributed by atoms with Crippen molar-refractivity contribution in [2.24, 2.45) is 0 Å². The summed E-state index contributed by atoms with van der Waals surface area (Å²) in [7, 11) is -3.23. The van der Waals surface area contributed by atoms with E-state index in [1.807, 2.05) is 42.5 Å². The number of H-pyrrole nitrogens is 1. The lowest BCUT2D eigenvalue weighted by atomic mass is 9.97. The number of rotatable bonds is 3. The van der Waals surface area contributed by atoms with Gasteiger partial charge in [-0.25, -0.2) is 13.4 Å². The Morgan fingerprint density at radius 3 is 2.40 bits per heavy atom. The highest BCUT2D eigenvalue weighted by molar-refractivity contribution is 7.90. The number of nitrogens with one attached hydrogen (secondary N) is 1. The number of ketones is 1. The maximum atomic E-state index is 11.9. The molecule has 0 saturated heterocycles. The number of hydrogen-bond acceptors (Lipinski definition) is 4. The zero-order chi connectivity index (χ0) is 21.3. The molecule has 148 valence electrons. The summed E-state index contributed by atoms with van der Waals surface area (Å²) in [5, 5.41) is 0. The van der Waals surface area contributed by atoms with Crippen molar-refractivity contribution in [2.75, 3.05) is 6.26 Å². The van der Waals surface area contributed by atoms with Crippen LogP contribution in [-0.2, 0) is 9.84 Å². The molecule has 4 aromatic rings. The molecule has 1 heterocycles. The molecular formula is C24H18N2O3S. The van der Waals surface area contributed by atoms with Crippen LogP contribution in [0.25, 0.3) is 22.2 Å². The van der Waals surface area contributed by atoms with Crippen molar-refractivity contribution >= 4 is 26.7 Å². The fourth-order valence-electron chi connectivity index (χ4n) is 3.20. The van der Waals surface area contributed by atoms with Crippen LogP contribution in [0.15, 0.2) is 71.6 Å². The van der Waals surface area contributed by atoms with Gasteiger partial charge < -0.3 is 4.98 Å². The largest absolute Gasteiger partial charge is 0.331 e. The molecule has 0 unspecified atom stereocenters. The molecule has 30 heavy (non-hydrogen) atoms. The van der Waals surface area contributed by atoms with Crippen LogP contribution in [0.1, 0.15) is 28.7 Å². The van der Waals surface area contributed by atoms with Gasteiger partial charge in [-0.05, 0) is 60.4 Å².